The van der Waals surface area contributed by atoms with Gasteiger partial charge in [-0.2, -0.15) is 0 Å². The lowest BCUT2D eigenvalue weighted by Crippen LogP contribution is -2.39. The zero-order valence-electron chi connectivity index (χ0n) is 13.8. The SMILES string of the molecule is CCCCN(CC1CCCN1)C(C)c1ccc(SC)cc1. The predicted molar refractivity (Wildman–Crippen MR) is 94.1 cm³/mol. The molecule has 1 aliphatic rings. The molecule has 1 aromatic rings. The summed E-state index contributed by atoms with van der Waals surface area (Å²) < 4.78 is 0. The molecule has 0 saturated carbocycles. The predicted octanol–water partition coefficient (Wildman–Crippen LogP) is 4.32. The largest absolute Gasteiger partial charge is 0.313 e. The van der Waals surface area contributed by atoms with Gasteiger partial charge in [-0.05, 0) is 63.2 Å². The van der Waals surface area contributed by atoms with Crippen molar-refractivity contribution in [1.82, 2.24) is 10.2 Å². The van der Waals surface area contributed by atoms with Gasteiger partial charge in [-0.1, -0.05) is 25.5 Å². The molecule has 1 heterocycles. The summed E-state index contributed by atoms with van der Waals surface area (Å²) in [4.78, 5) is 4.02. The summed E-state index contributed by atoms with van der Waals surface area (Å²) in [5, 5.41) is 3.64. The quantitative estimate of drug-likeness (QED) is 0.720. The first-order valence-electron chi connectivity index (χ1n) is 8.36. The highest BCUT2D eigenvalue weighted by atomic mass is 32.2. The second kappa shape index (κ2) is 8.82. The molecule has 0 spiro atoms. The van der Waals surface area contributed by atoms with Crippen LogP contribution in [0.25, 0.3) is 0 Å². The normalized spacial score (nSPS) is 20.1. The lowest BCUT2D eigenvalue weighted by Gasteiger charge is -2.32. The Morgan fingerprint density at radius 3 is 2.67 bits per heavy atom. The standard InChI is InChI=1S/C18H30N2S/c1-4-5-13-20(14-17-7-6-12-19-17)15(2)16-8-10-18(21-3)11-9-16/h8-11,15,17,19H,4-7,12-14H2,1-3H3. The lowest BCUT2D eigenvalue weighted by atomic mass is 10.1. The second-order valence-electron chi connectivity index (χ2n) is 6.09. The minimum absolute atomic E-state index is 0.509. The maximum atomic E-state index is 3.64. The van der Waals surface area contributed by atoms with Crippen LogP contribution in [0.3, 0.4) is 0 Å². The number of rotatable bonds is 8. The van der Waals surface area contributed by atoms with Crippen LogP contribution < -0.4 is 5.32 Å². The molecule has 0 aliphatic carbocycles. The van der Waals surface area contributed by atoms with Crippen LogP contribution in [0.5, 0.6) is 0 Å². The number of hydrogen-bond acceptors (Lipinski definition) is 3. The fraction of sp³-hybridized carbons (Fsp3) is 0.667. The molecule has 1 aliphatic heterocycles. The fourth-order valence-electron chi connectivity index (χ4n) is 3.09. The molecule has 118 valence electrons. The van der Waals surface area contributed by atoms with Gasteiger partial charge in [0.1, 0.15) is 0 Å². The van der Waals surface area contributed by atoms with Crippen molar-refractivity contribution in [2.24, 2.45) is 0 Å². The van der Waals surface area contributed by atoms with Crippen molar-refractivity contribution in [3.8, 4) is 0 Å². The van der Waals surface area contributed by atoms with E-state index in [2.05, 4.69) is 54.6 Å². The van der Waals surface area contributed by atoms with Gasteiger partial charge in [0.25, 0.3) is 0 Å². The first kappa shape index (κ1) is 16.9. The van der Waals surface area contributed by atoms with Gasteiger partial charge in [0.05, 0.1) is 0 Å². The number of nitrogens with zero attached hydrogens (tertiary/aromatic N) is 1. The smallest absolute Gasteiger partial charge is 0.0320 e. The minimum atomic E-state index is 0.509. The third kappa shape index (κ3) is 5.01. The Bertz CT molecular complexity index is 398. The van der Waals surface area contributed by atoms with Gasteiger partial charge in [0.15, 0.2) is 0 Å². The number of nitrogens with one attached hydrogen (secondary N) is 1. The van der Waals surface area contributed by atoms with Gasteiger partial charge in [-0.3, -0.25) is 4.90 Å². The summed E-state index contributed by atoms with van der Waals surface area (Å²) in [5.74, 6) is 0. The summed E-state index contributed by atoms with van der Waals surface area (Å²) >= 11 is 1.81. The van der Waals surface area contributed by atoms with E-state index in [1.165, 1.54) is 55.8 Å². The van der Waals surface area contributed by atoms with E-state index < -0.39 is 0 Å². The molecular formula is C18H30N2S. The van der Waals surface area contributed by atoms with Crippen molar-refractivity contribution >= 4 is 11.8 Å². The molecule has 1 N–H and O–H groups in total. The van der Waals surface area contributed by atoms with E-state index in [4.69, 9.17) is 0 Å². The highest BCUT2D eigenvalue weighted by Crippen LogP contribution is 2.24. The van der Waals surface area contributed by atoms with E-state index in [-0.39, 0.29) is 0 Å². The molecule has 1 fully saturated rings. The van der Waals surface area contributed by atoms with Crippen LogP contribution in [0.15, 0.2) is 29.2 Å². The number of hydrogen-bond donors (Lipinski definition) is 1. The summed E-state index contributed by atoms with van der Waals surface area (Å²) in [5.41, 5.74) is 1.45. The third-order valence-electron chi connectivity index (χ3n) is 4.56. The van der Waals surface area contributed by atoms with Gasteiger partial charge < -0.3 is 5.32 Å². The fourth-order valence-corrected chi connectivity index (χ4v) is 3.50. The molecule has 2 atom stereocenters. The number of thioether (sulfide) groups is 1. The maximum absolute atomic E-state index is 3.64. The average Bonchev–Trinajstić information content (AvgIpc) is 3.04. The van der Waals surface area contributed by atoms with Crippen molar-refractivity contribution in [2.45, 2.75) is 56.5 Å². The maximum Gasteiger partial charge on any atom is 0.0320 e. The average molecular weight is 307 g/mol. The monoisotopic (exact) mass is 306 g/mol. The molecule has 1 aromatic carbocycles. The second-order valence-corrected chi connectivity index (χ2v) is 6.97. The summed E-state index contributed by atoms with van der Waals surface area (Å²) in [7, 11) is 0. The van der Waals surface area contributed by atoms with E-state index in [0.29, 0.717) is 12.1 Å². The Labute approximate surface area is 134 Å². The zero-order valence-corrected chi connectivity index (χ0v) is 14.6. The van der Waals surface area contributed by atoms with Crippen LogP contribution in [0.1, 0.15) is 51.1 Å². The molecule has 2 nitrogen and oxygen atoms in total. The van der Waals surface area contributed by atoms with E-state index in [9.17, 15) is 0 Å². The molecule has 2 rings (SSSR count). The van der Waals surface area contributed by atoms with Crippen molar-refractivity contribution in [3.63, 3.8) is 0 Å². The van der Waals surface area contributed by atoms with Crippen LogP contribution >= 0.6 is 11.8 Å². The Morgan fingerprint density at radius 1 is 1.33 bits per heavy atom. The lowest BCUT2D eigenvalue weighted by molar-refractivity contribution is 0.189. The molecule has 0 amide bonds. The molecule has 2 unspecified atom stereocenters. The van der Waals surface area contributed by atoms with E-state index in [1.54, 1.807) is 0 Å². The molecule has 1 saturated heterocycles. The Morgan fingerprint density at radius 2 is 2.10 bits per heavy atom. The van der Waals surface area contributed by atoms with E-state index in [0.717, 1.165) is 0 Å². The molecule has 0 aromatic heterocycles. The van der Waals surface area contributed by atoms with E-state index >= 15 is 0 Å². The Hall–Kier alpha value is -0.510. The van der Waals surface area contributed by atoms with Crippen molar-refractivity contribution in [2.75, 3.05) is 25.9 Å². The molecule has 0 radical (unpaired) electrons. The van der Waals surface area contributed by atoms with Crippen molar-refractivity contribution in [1.29, 1.82) is 0 Å². The third-order valence-corrected chi connectivity index (χ3v) is 5.31. The van der Waals surface area contributed by atoms with E-state index in [1.807, 2.05) is 11.8 Å². The summed E-state index contributed by atoms with van der Waals surface area (Å²) in [6.07, 6.45) is 7.37. The van der Waals surface area contributed by atoms with Gasteiger partial charge in [0.2, 0.25) is 0 Å². The topological polar surface area (TPSA) is 15.3 Å². The van der Waals surface area contributed by atoms with Crippen molar-refractivity contribution in [3.05, 3.63) is 29.8 Å². The van der Waals surface area contributed by atoms with Crippen LogP contribution in [-0.2, 0) is 0 Å². The van der Waals surface area contributed by atoms with Gasteiger partial charge in [0, 0.05) is 23.5 Å². The summed E-state index contributed by atoms with van der Waals surface area (Å²) in [6.45, 7) is 8.23. The first-order chi connectivity index (χ1) is 10.2. The Kier molecular flexibility index (Phi) is 7.08. The van der Waals surface area contributed by atoms with Crippen molar-refractivity contribution < 1.29 is 0 Å². The first-order valence-corrected chi connectivity index (χ1v) is 9.58. The zero-order chi connectivity index (χ0) is 15.1. The number of unbranched alkanes of at least 4 members (excludes halogenated alkanes) is 1. The highest BCUT2D eigenvalue weighted by molar-refractivity contribution is 7.98. The van der Waals surface area contributed by atoms with Gasteiger partial charge >= 0.3 is 0 Å². The van der Waals surface area contributed by atoms with Gasteiger partial charge in [-0.25, -0.2) is 0 Å². The molecular weight excluding hydrogens is 276 g/mol. The number of benzene rings is 1. The summed E-state index contributed by atoms with van der Waals surface area (Å²) in [6, 6.07) is 10.3. The van der Waals surface area contributed by atoms with Crippen LogP contribution in [0, 0.1) is 0 Å². The highest BCUT2D eigenvalue weighted by Gasteiger charge is 2.21. The van der Waals surface area contributed by atoms with Gasteiger partial charge in [-0.15, -0.1) is 11.8 Å². The Balaban J connectivity index is 2.01. The van der Waals surface area contributed by atoms with Crippen LogP contribution in [0.4, 0.5) is 0 Å². The van der Waals surface area contributed by atoms with Crippen LogP contribution in [0.2, 0.25) is 0 Å². The minimum Gasteiger partial charge on any atom is -0.313 e. The molecule has 3 heteroatoms. The molecule has 21 heavy (non-hydrogen) atoms. The van der Waals surface area contributed by atoms with Crippen LogP contribution in [-0.4, -0.2) is 36.8 Å². The molecule has 0 bridgehead atoms.